The van der Waals surface area contributed by atoms with Gasteiger partial charge in [-0.3, -0.25) is 4.79 Å². The predicted molar refractivity (Wildman–Crippen MR) is 164 cm³/mol. The highest BCUT2D eigenvalue weighted by Gasteiger charge is 2.51. The molecule has 1 saturated heterocycles. The Balaban J connectivity index is 1.69. The van der Waals surface area contributed by atoms with Crippen molar-refractivity contribution in [2.45, 2.75) is 81.7 Å². The van der Waals surface area contributed by atoms with Gasteiger partial charge in [-0.2, -0.15) is 0 Å². The molecule has 0 spiro atoms. The molecule has 4 rings (SSSR count). The first-order valence-corrected chi connectivity index (χ1v) is 15.4. The molecule has 1 fully saturated rings. The molecule has 2 heterocycles. The van der Waals surface area contributed by atoms with Crippen molar-refractivity contribution in [1.82, 2.24) is 10.2 Å². The molecule has 8 heteroatoms. The van der Waals surface area contributed by atoms with Crippen LogP contribution in [-0.2, 0) is 23.8 Å². The monoisotopic (exact) mass is 578 g/mol. The van der Waals surface area contributed by atoms with E-state index in [1.54, 1.807) is 37.4 Å². The highest BCUT2D eigenvalue weighted by Crippen LogP contribution is 2.48. The fourth-order valence-electron chi connectivity index (χ4n) is 5.53. The van der Waals surface area contributed by atoms with E-state index in [0.717, 1.165) is 48.1 Å². The van der Waals surface area contributed by atoms with Gasteiger partial charge in [0.2, 0.25) is 5.91 Å². The Bertz CT molecular complexity index is 1220. The number of methoxy groups -OCH3 is 1. The second-order valence-corrected chi connectivity index (χ2v) is 13.2. The number of nitrogens with one attached hydrogen (secondary N) is 1. The smallest absolute Gasteiger partial charge is 0.408 e. The van der Waals surface area contributed by atoms with Crippen LogP contribution in [0.1, 0.15) is 64.9 Å². The van der Waals surface area contributed by atoms with Gasteiger partial charge in [0.1, 0.15) is 17.7 Å². The average molecular weight is 579 g/mol. The Hall–Kier alpha value is -3.26. The molecule has 2 aliphatic rings. The van der Waals surface area contributed by atoms with Crippen LogP contribution in [0.15, 0.2) is 66.7 Å². The van der Waals surface area contributed by atoms with Crippen LogP contribution in [0, 0.1) is 0 Å². The molecule has 41 heavy (non-hydrogen) atoms. The zero-order valence-corrected chi connectivity index (χ0v) is 25.4. The number of fused-ring (bicyclic) bond motifs is 2. The molecule has 2 amide bonds. The van der Waals surface area contributed by atoms with Crippen molar-refractivity contribution in [2.75, 3.05) is 19.4 Å². The van der Waals surface area contributed by atoms with Crippen LogP contribution < -0.4 is 5.32 Å². The lowest BCUT2D eigenvalue weighted by Crippen LogP contribution is -2.52. The van der Waals surface area contributed by atoms with Crippen LogP contribution in [0.4, 0.5) is 4.79 Å². The van der Waals surface area contributed by atoms with Crippen molar-refractivity contribution in [1.29, 1.82) is 0 Å². The molecule has 0 unspecified atom stereocenters. The van der Waals surface area contributed by atoms with E-state index in [2.05, 4.69) is 53.9 Å². The zero-order valence-electron chi connectivity index (χ0n) is 24.6. The zero-order chi connectivity index (χ0) is 29.5. The van der Waals surface area contributed by atoms with Gasteiger partial charge in [-0.15, -0.1) is 11.8 Å². The molecular weight excluding hydrogens is 536 g/mol. The van der Waals surface area contributed by atoms with E-state index in [-0.39, 0.29) is 5.91 Å². The molecule has 3 atom stereocenters. The Labute approximate surface area is 248 Å². The summed E-state index contributed by atoms with van der Waals surface area (Å²) < 4.78 is 10.2. The summed E-state index contributed by atoms with van der Waals surface area (Å²) in [6, 6.07) is 17.1. The standard InChI is InChI=1S/C33H42N2O5S/c1-32(2,3)40-31(38)34-27-16-12-7-5-6-8-13-21-41-33(22-28(30(37)39-4)35(23-33)29(27)36)26-19-17-25(18-20-26)24-14-10-9-11-15-24/h8-11,13-15,17-20,27-28H,5-7,12,16,21-23H2,1-4H3,(H,34,38)/b13-8-/t27-,28-,33-/m0/s1. The highest BCUT2D eigenvalue weighted by atomic mass is 32.2. The van der Waals surface area contributed by atoms with E-state index < -0.39 is 34.5 Å². The van der Waals surface area contributed by atoms with E-state index in [9.17, 15) is 14.4 Å². The topological polar surface area (TPSA) is 84.9 Å². The van der Waals surface area contributed by atoms with Gasteiger partial charge < -0.3 is 19.7 Å². The molecule has 7 nitrogen and oxygen atoms in total. The Morgan fingerprint density at radius 1 is 0.976 bits per heavy atom. The van der Waals surface area contributed by atoms with Crippen LogP contribution in [-0.4, -0.2) is 60.0 Å². The Morgan fingerprint density at radius 2 is 1.68 bits per heavy atom. The number of rotatable bonds is 4. The van der Waals surface area contributed by atoms with Crippen LogP contribution >= 0.6 is 11.8 Å². The van der Waals surface area contributed by atoms with Gasteiger partial charge in [-0.25, -0.2) is 9.59 Å². The summed E-state index contributed by atoms with van der Waals surface area (Å²) in [6.07, 6.45) is 8.37. The summed E-state index contributed by atoms with van der Waals surface area (Å²) in [6.45, 7) is 5.70. The summed E-state index contributed by atoms with van der Waals surface area (Å²) in [4.78, 5) is 41.6. The molecule has 2 aromatic rings. The maximum Gasteiger partial charge on any atom is 0.408 e. The number of carbonyl (C=O) groups excluding carboxylic acids is 3. The second kappa shape index (κ2) is 13.6. The molecule has 0 saturated carbocycles. The number of alkyl carbamates (subject to hydrolysis) is 1. The maximum absolute atomic E-state index is 14.1. The van der Waals surface area contributed by atoms with E-state index in [4.69, 9.17) is 9.47 Å². The first-order chi connectivity index (χ1) is 19.6. The normalized spacial score (nSPS) is 24.7. The first-order valence-electron chi connectivity index (χ1n) is 14.4. The van der Waals surface area contributed by atoms with Gasteiger partial charge in [0.25, 0.3) is 0 Å². The summed E-state index contributed by atoms with van der Waals surface area (Å²) in [5.41, 5.74) is 2.60. The van der Waals surface area contributed by atoms with Gasteiger partial charge in [0.05, 0.1) is 11.9 Å². The van der Waals surface area contributed by atoms with Gasteiger partial charge in [0, 0.05) is 12.3 Å². The van der Waals surface area contributed by atoms with Crippen molar-refractivity contribution in [3.8, 4) is 11.1 Å². The third kappa shape index (κ3) is 7.94. The number of carbonyl (C=O) groups is 3. The summed E-state index contributed by atoms with van der Waals surface area (Å²) >= 11 is 1.75. The van der Waals surface area contributed by atoms with E-state index in [1.807, 2.05) is 18.2 Å². The number of amides is 2. The van der Waals surface area contributed by atoms with Crippen molar-refractivity contribution < 1.29 is 23.9 Å². The minimum absolute atomic E-state index is 0.276. The molecule has 2 aromatic carbocycles. The molecule has 0 aliphatic carbocycles. The van der Waals surface area contributed by atoms with E-state index in [0.29, 0.717) is 19.4 Å². The van der Waals surface area contributed by atoms with Gasteiger partial charge >= 0.3 is 12.1 Å². The fraction of sp³-hybridized carbons (Fsp3) is 0.485. The van der Waals surface area contributed by atoms with Gasteiger partial charge in [-0.05, 0) is 63.1 Å². The minimum atomic E-state index is -0.795. The van der Waals surface area contributed by atoms with Crippen LogP contribution in [0.3, 0.4) is 0 Å². The number of hydrogen-bond donors (Lipinski definition) is 1. The van der Waals surface area contributed by atoms with Crippen LogP contribution in [0.25, 0.3) is 11.1 Å². The SMILES string of the molecule is COC(=O)[C@@H]1C[C@@]2(c3ccc(-c4ccccc4)cc3)CN1C(=O)[C@@H](NC(=O)OC(C)(C)C)CCCCC/C=C\CS2. The van der Waals surface area contributed by atoms with E-state index in [1.165, 1.54) is 7.11 Å². The predicted octanol–water partition coefficient (Wildman–Crippen LogP) is 6.47. The van der Waals surface area contributed by atoms with Crippen molar-refractivity contribution >= 4 is 29.7 Å². The number of esters is 1. The van der Waals surface area contributed by atoms with Crippen LogP contribution in [0.5, 0.6) is 0 Å². The fourth-order valence-corrected chi connectivity index (χ4v) is 6.89. The molecule has 0 aromatic heterocycles. The largest absolute Gasteiger partial charge is 0.467 e. The number of nitrogens with zero attached hydrogens (tertiary/aromatic N) is 1. The van der Waals surface area contributed by atoms with Crippen LogP contribution in [0.2, 0.25) is 0 Å². The minimum Gasteiger partial charge on any atom is -0.467 e. The number of hydrogen-bond acceptors (Lipinski definition) is 6. The van der Waals surface area contributed by atoms with E-state index >= 15 is 0 Å². The summed E-state index contributed by atoms with van der Waals surface area (Å²) in [5.74, 6) is 0.0375. The lowest BCUT2D eigenvalue weighted by molar-refractivity contribution is -0.151. The van der Waals surface area contributed by atoms with Crippen molar-refractivity contribution in [3.63, 3.8) is 0 Å². The van der Waals surface area contributed by atoms with Crippen molar-refractivity contribution in [3.05, 3.63) is 72.3 Å². The first kappa shape index (κ1) is 30.7. The molecular formula is C33H42N2O5S. The third-order valence-corrected chi connectivity index (χ3v) is 9.02. The third-order valence-electron chi connectivity index (χ3n) is 7.57. The Kier molecular flexibility index (Phi) is 10.2. The van der Waals surface area contributed by atoms with Crippen molar-refractivity contribution in [2.24, 2.45) is 0 Å². The van der Waals surface area contributed by atoms with Gasteiger partial charge in [0.15, 0.2) is 0 Å². The lowest BCUT2D eigenvalue weighted by atomic mass is 9.93. The maximum atomic E-state index is 14.1. The molecule has 2 aliphatic heterocycles. The second-order valence-electron chi connectivity index (χ2n) is 11.8. The summed E-state index contributed by atoms with van der Waals surface area (Å²) in [5, 5.41) is 2.82. The molecule has 1 N–H and O–H groups in total. The molecule has 2 bridgehead atoms. The quantitative estimate of drug-likeness (QED) is 0.331. The molecule has 0 radical (unpaired) electrons. The Morgan fingerprint density at radius 3 is 2.37 bits per heavy atom. The van der Waals surface area contributed by atoms with Gasteiger partial charge in [-0.1, -0.05) is 79.6 Å². The number of thioether (sulfide) groups is 1. The average Bonchev–Trinajstić information content (AvgIpc) is 3.35. The lowest BCUT2D eigenvalue weighted by Gasteiger charge is -2.31. The number of benzene rings is 2. The summed E-state index contributed by atoms with van der Waals surface area (Å²) in [7, 11) is 1.36. The number of allylic oxidation sites excluding steroid dienone is 1. The number of ether oxygens (including phenoxy) is 2. The molecule has 220 valence electrons. The highest BCUT2D eigenvalue weighted by molar-refractivity contribution is 8.00.